The summed E-state index contributed by atoms with van der Waals surface area (Å²) in [6.45, 7) is 29.7. The highest BCUT2D eigenvalue weighted by molar-refractivity contribution is 5.92. The normalized spacial score (nSPS) is 10.0. The lowest BCUT2D eigenvalue weighted by Crippen LogP contribution is -2.30. The Labute approximate surface area is 232 Å². The average molecular weight is 544 g/mol. The second-order valence-electron chi connectivity index (χ2n) is 8.05. The minimum Gasteiger partial charge on any atom is -0.379 e. The summed E-state index contributed by atoms with van der Waals surface area (Å²) >= 11 is 0. The van der Waals surface area contributed by atoms with E-state index in [1.165, 1.54) is 5.57 Å². The zero-order valence-corrected chi connectivity index (χ0v) is 25.5. The molecule has 0 spiro atoms. The summed E-state index contributed by atoms with van der Waals surface area (Å²) in [5.74, 6) is -0.326. The SMILES string of the molecule is C=C(C)C.C=C(C)C(=O)NCCCOCC(COCCCNC=O)OCCCNC(=O)C(=C)C.CC.CC. The maximum atomic E-state index is 11.4. The summed E-state index contributed by atoms with van der Waals surface area (Å²) < 4.78 is 17.0. The van der Waals surface area contributed by atoms with Gasteiger partial charge in [-0.15, -0.1) is 6.58 Å². The summed E-state index contributed by atoms with van der Waals surface area (Å²) in [4.78, 5) is 33.1. The van der Waals surface area contributed by atoms with Gasteiger partial charge in [0.1, 0.15) is 6.10 Å². The first-order chi connectivity index (χ1) is 18.1. The molecule has 0 heterocycles. The first-order valence-corrected chi connectivity index (χ1v) is 13.5. The second-order valence-corrected chi connectivity index (χ2v) is 8.05. The number of carbonyl (C=O) groups excluding carboxylic acids is 3. The monoisotopic (exact) mass is 543 g/mol. The van der Waals surface area contributed by atoms with E-state index in [0.29, 0.717) is 89.5 Å². The van der Waals surface area contributed by atoms with Crippen LogP contribution in [0, 0.1) is 0 Å². The lowest BCUT2D eigenvalue weighted by Gasteiger charge is -2.18. The first kappa shape index (κ1) is 42.6. The van der Waals surface area contributed by atoms with Crippen molar-refractivity contribution in [3.63, 3.8) is 0 Å². The predicted molar refractivity (Wildman–Crippen MR) is 158 cm³/mol. The highest BCUT2D eigenvalue weighted by Crippen LogP contribution is 1.99. The van der Waals surface area contributed by atoms with Crippen LogP contribution in [-0.4, -0.2) is 77.0 Å². The first-order valence-electron chi connectivity index (χ1n) is 13.5. The number of amides is 3. The molecule has 0 saturated carbocycles. The molecule has 1 atom stereocenters. The average Bonchev–Trinajstić information content (AvgIpc) is 2.88. The van der Waals surface area contributed by atoms with Crippen molar-refractivity contribution in [1.82, 2.24) is 16.0 Å². The second kappa shape index (κ2) is 34.5. The fourth-order valence-electron chi connectivity index (χ4n) is 2.11. The Balaban J connectivity index is -0.000000641. The van der Waals surface area contributed by atoms with Crippen molar-refractivity contribution >= 4 is 18.2 Å². The molecule has 0 radical (unpaired) electrons. The van der Waals surface area contributed by atoms with Gasteiger partial charge in [-0.1, -0.05) is 46.4 Å². The van der Waals surface area contributed by atoms with Crippen LogP contribution >= 0.6 is 0 Å². The van der Waals surface area contributed by atoms with Gasteiger partial charge in [-0.3, -0.25) is 14.4 Å². The van der Waals surface area contributed by atoms with E-state index in [0.717, 1.165) is 0 Å². The molecular weight excluding hydrogens is 486 g/mol. The van der Waals surface area contributed by atoms with Gasteiger partial charge in [-0.25, -0.2) is 0 Å². The predicted octanol–water partition coefficient (Wildman–Crippen LogP) is 4.34. The van der Waals surface area contributed by atoms with Crippen LogP contribution < -0.4 is 16.0 Å². The molecule has 0 aliphatic rings. The van der Waals surface area contributed by atoms with Crippen LogP contribution in [0.3, 0.4) is 0 Å². The number of hydrogen-bond acceptors (Lipinski definition) is 6. The Morgan fingerprint density at radius 1 is 0.711 bits per heavy atom. The van der Waals surface area contributed by atoms with Crippen molar-refractivity contribution in [2.24, 2.45) is 0 Å². The molecule has 9 heteroatoms. The van der Waals surface area contributed by atoms with Crippen molar-refractivity contribution in [1.29, 1.82) is 0 Å². The number of hydrogen-bond donors (Lipinski definition) is 3. The van der Waals surface area contributed by atoms with Crippen LogP contribution in [0.25, 0.3) is 0 Å². The van der Waals surface area contributed by atoms with Crippen molar-refractivity contribution in [2.75, 3.05) is 52.7 Å². The van der Waals surface area contributed by atoms with Gasteiger partial charge in [-0.2, -0.15) is 0 Å². The topological polar surface area (TPSA) is 115 Å². The number of rotatable bonds is 20. The van der Waals surface area contributed by atoms with Crippen LogP contribution in [0.15, 0.2) is 36.5 Å². The molecule has 9 nitrogen and oxygen atoms in total. The highest BCUT2D eigenvalue weighted by Gasteiger charge is 2.10. The summed E-state index contributed by atoms with van der Waals surface area (Å²) in [5.41, 5.74) is 2.11. The van der Waals surface area contributed by atoms with E-state index >= 15 is 0 Å². The Hall–Kier alpha value is -2.49. The van der Waals surface area contributed by atoms with Gasteiger partial charge >= 0.3 is 0 Å². The van der Waals surface area contributed by atoms with Gasteiger partial charge < -0.3 is 30.2 Å². The Kier molecular flexibility index (Phi) is 38.7. The molecule has 1 unspecified atom stereocenters. The molecule has 0 aromatic carbocycles. The number of allylic oxidation sites excluding steroid dienone is 1. The molecule has 0 saturated heterocycles. The molecule has 0 aliphatic heterocycles. The quantitative estimate of drug-likeness (QED) is 0.0911. The third-order valence-corrected chi connectivity index (χ3v) is 3.79. The molecule has 0 bridgehead atoms. The van der Waals surface area contributed by atoms with Crippen LogP contribution in [0.4, 0.5) is 0 Å². The van der Waals surface area contributed by atoms with E-state index in [1.807, 2.05) is 41.5 Å². The van der Waals surface area contributed by atoms with E-state index < -0.39 is 0 Å². The van der Waals surface area contributed by atoms with E-state index in [4.69, 9.17) is 14.2 Å². The lowest BCUT2D eigenvalue weighted by molar-refractivity contribution is -0.118. The molecule has 0 aromatic heterocycles. The summed E-state index contributed by atoms with van der Waals surface area (Å²) in [6.07, 6.45) is 2.46. The summed E-state index contributed by atoms with van der Waals surface area (Å²) in [5, 5.41) is 8.08. The molecule has 0 aromatic rings. The van der Waals surface area contributed by atoms with Gasteiger partial charge in [-0.05, 0) is 47.0 Å². The molecule has 224 valence electrons. The van der Waals surface area contributed by atoms with Gasteiger partial charge in [0, 0.05) is 50.6 Å². The zero-order valence-electron chi connectivity index (χ0n) is 25.5. The number of carbonyl (C=O) groups is 3. The molecule has 3 N–H and O–H groups in total. The maximum Gasteiger partial charge on any atom is 0.246 e. The fraction of sp³-hybridized carbons (Fsp3) is 0.690. The smallest absolute Gasteiger partial charge is 0.246 e. The zero-order chi connectivity index (χ0) is 30.2. The van der Waals surface area contributed by atoms with Crippen LogP contribution in [0.1, 0.15) is 74.7 Å². The summed E-state index contributed by atoms with van der Waals surface area (Å²) in [7, 11) is 0. The van der Waals surface area contributed by atoms with Gasteiger partial charge in [0.25, 0.3) is 0 Å². The van der Waals surface area contributed by atoms with Gasteiger partial charge in [0.15, 0.2) is 0 Å². The van der Waals surface area contributed by atoms with Crippen LogP contribution in [0.2, 0.25) is 0 Å². The van der Waals surface area contributed by atoms with Crippen molar-refractivity contribution in [3.05, 3.63) is 36.5 Å². The number of nitrogens with one attached hydrogen (secondary N) is 3. The Morgan fingerprint density at radius 3 is 1.45 bits per heavy atom. The minimum atomic E-state index is -0.245. The molecule has 0 aliphatic carbocycles. The Morgan fingerprint density at radius 2 is 1.08 bits per heavy atom. The third kappa shape index (κ3) is 38.0. The maximum absolute atomic E-state index is 11.4. The third-order valence-electron chi connectivity index (χ3n) is 3.79. The molecule has 0 rings (SSSR count). The minimum absolute atomic E-state index is 0.160. The number of ether oxygens (including phenoxy) is 3. The molecule has 3 amide bonds. The van der Waals surface area contributed by atoms with E-state index in [1.54, 1.807) is 13.8 Å². The van der Waals surface area contributed by atoms with E-state index in [-0.39, 0.29) is 17.9 Å². The van der Waals surface area contributed by atoms with E-state index in [2.05, 4.69) is 35.7 Å². The van der Waals surface area contributed by atoms with Gasteiger partial charge in [0.05, 0.1) is 13.2 Å². The molecule has 0 fully saturated rings. The summed E-state index contributed by atoms with van der Waals surface area (Å²) in [6, 6.07) is 0. The standard InChI is InChI=1S/C21H37N3O6.C4H8.2C2H6/c1-17(2)20(26)23-9-6-12-29-15-19(14-28-11-5-8-22-16-25)30-13-7-10-24-21(27)18(3)4;1-4(2)3;2*1-2/h16,19H,1,3,5-15H2,2,4H3,(H,22,25)(H,23,26)(H,24,27);1H2,2-3H3;2*1-2H3. The highest BCUT2D eigenvalue weighted by atomic mass is 16.6. The van der Waals surface area contributed by atoms with Crippen LogP contribution in [0.5, 0.6) is 0 Å². The lowest BCUT2D eigenvalue weighted by atomic mass is 10.3. The fourth-order valence-corrected chi connectivity index (χ4v) is 2.11. The van der Waals surface area contributed by atoms with Crippen LogP contribution in [-0.2, 0) is 28.6 Å². The van der Waals surface area contributed by atoms with Crippen molar-refractivity contribution < 1.29 is 28.6 Å². The van der Waals surface area contributed by atoms with Gasteiger partial charge in [0.2, 0.25) is 18.2 Å². The Bertz CT molecular complexity index is 619. The van der Waals surface area contributed by atoms with Crippen molar-refractivity contribution in [3.8, 4) is 0 Å². The van der Waals surface area contributed by atoms with Crippen molar-refractivity contribution in [2.45, 2.75) is 80.8 Å². The van der Waals surface area contributed by atoms with E-state index in [9.17, 15) is 14.4 Å². The molecule has 38 heavy (non-hydrogen) atoms. The molecular formula is C29H57N3O6. The largest absolute Gasteiger partial charge is 0.379 e.